The van der Waals surface area contributed by atoms with E-state index in [2.05, 4.69) is 80.8 Å². The largest absolute Gasteiger partial charge is 0.353 e. The van der Waals surface area contributed by atoms with Crippen LogP contribution in [0, 0.1) is 0 Å². The van der Waals surface area contributed by atoms with Gasteiger partial charge in [-0.1, -0.05) is 66.7 Å². The van der Waals surface area contributed by atoms with Crippen LogP contribution in [-0.2, 0) is 4.79 Å². The molecule has 1 N–H and O–H groups in total. The van der Waals surface area contributed by atoms with Crippen LogP contribution in [0.2, 0.25) is 0 Å². The Morgan fingerprint density at radius 3 is 2.17 bits per heavy atom. The molecule has 0 spiro atoms. The molecule has 182 valence electrons. The summed E-state index contributed by atoms with van der Waals surface area (Å²) in [5.41, 5.74) is 4.62. The number of piperazine rings is 1. The Hall–Kier alpha value is -3.28. The first-order valence-corrected chi connectivity index (χ1v) is 12.6. The Bertz CT molecular complexity index is 1020. The zero-order valence-electron chi connectivity index (χ0n) is 20.6. The molecule has 0 aliphatic carbocycles. The summed E-state index contributed by atoms with van der Waals surface area (Å²) in [6.45, 7) is 8.00. The van der Waals surface area contributed by atoms with Gasteiger partial charge in [-0.25, -0.2) is 0 Å². The van der Waals surface area contributed by atoms with Gasteiger partial charge in [-0.05, 0) is 54.6 Å². The van der Waals surface area contributed by atoms with Crippen molar-refractivity contribution in [2.24, 2.45) is 0 Å². The first kappa shape index (κ1) is 24.8. The minimum Gasteiger partial charge on any atom is -0.353 e. The monoisotopic (exact) mass is 468 g/mol. The number of nitrogens with one attached hydrogen (secondary N) is 1. The van der Waals surface area contributed by atoms with Crippen molar-refractivity contribution in [3.63, 3.8) is 0 Å². The van der Waals surface area contributed by atoms with E-state index >= 15 is 0 Å². The van der Waals surface area contributed by atoms with E-state index in [4.69, 9.17) is 0 Å². The van der Waals surface area contributed by atoms with Crippen LogP contribution in [0.4, 0.5) is 0 Å². The molecule has 1 aliphatic rings. The fourth-order valence-electron chi connectivity index (χ4n) is 4.73. The number of amides is 1. The minimum absolute atomic E-state index is 0.0344. The highest BCUT2D eigenvalue weighted by Crippen LogP contribution is 2.29. The molecular weight excluding hydrogens is 432 g/mol. The maximum atomic E-state index is 12.2. The molecule has 1 saturated heterocycles. The third-order valence-corrected chi connectivity index (χ3v) is 6.67. The van der Waals surface area contributed by atoms with Crippen molar-refractivity contribution in [2.75, 3.05) is 39.3 Å². The molecular formula is C30H36N4O. The fourth-order valence-corrected chi connectivity index (χ4v) is 4.73. The summed E-state index contributed by atoms with van der Waals surface area (Å²) >= 11 is 0. The van der Waals surface area contributed by atoms with Crippen molar-refractivity contribution in [3.05, 3.63) is 108 Å². The summed E-state index contributed by atoms with van der Waals surface area (Å²) in [6, 6.07) is 25.8. The number of hydrogen-bond acceptors (Lipinski definition) is 4. The van der Waals surface area contributed by atoms with Crippen LogP contribution in [0.1, 0.15) is 42.5 Å². The molecule has 5 nitrogen and oxygen atoms in total. The number of carbonyl (C=O) groups excluding carboxylic acids is 1. The lowest BCUT2D eigenvalue weighted by atomic mass is 9.96. The van der Waals surface area contributed by atoms with Gasteiger partial charge in [0, 0.05) is 51.2 Å². The van der Waals surface area contributed by atoms with Crippen molar-refractivity contribution < 1.29 is 4.79 Å². The Morgan fingerprint density at radius 1 is 0.914 bits per heavy atom. The van der Waals surface area contributed by atoms with Gasteiger partial charge in [0.2, 0.25) is 5.91 Å². The number of benzene rings is 2. The van der Waals surface area contributed by atoms with E-state index in [0.717, 1.165) is 56.7 Å². The fraction of sp³-hybridized carbons (Fsp3) is 0.333. The number of unbranched alkanes of at least 4 members (excludes halogenated alkanes) is 1. The van der Waals surface area contributed by atoms with Gasteiger partial charge in [0.05, 0.1) is 6.04 Å². The van der Waals surface area contributed by atoms with Gasteiger partial charge in [-0.3, -0.25) is 14.7 Å². The van der Waals surface area contributed by atoms with Crippen LogP contribution in [0.25, 0.3) is 5.57 Å². The van der Waals surface area contributed by atoms with Gasteiger partial charge < -0.3 is 10.2 Å². The molecule has 3 aromatic rings. The number of hydrogen-bond donors (Lipinski definition) is 1. The number of nitrogens with zero attached hydrogens (tertiary/aromatic N) is 3. The Balaban J connectivity index is 1.19. The maximum Gasteiger partial charge on any atom is 0.244 e. The van der Waals surface area contributed by atoms with Crippen molar-refractivity contribution in [1.29, 1.82) is 0 Å². The second-order valence-electron chi connectivity index (χ2n) is 9.17. The minimum atomic E-state index is -0.0344. The Labute approximate surface area is 209 Å². The smallest absolute Gasteiger partial charge is 0.244 e. The molecule has 4 rings (SSSR count). The third-order valence-electron chi connectivity index (χ3n) is 6.67. The van der Waals surface area contributed by atoms with E-state index in [1.165, 1.54) is 11.1 Å². The lowest BCUT2D eigenvalue weighted by molar-refractivity contribution is -0.116. The molecule has 0 saturated carbocycles. The third kappa shape index (κ3) is 7.35. The van der Waals surface area contributed by atoms with Gasteiger partial charge in [0.15, 0.2) is 0 Å². The maximum absolute atomic E-state index is 12.2. The molecule has 2 aromatic carbocycles. The molecule has 0 atom stereocenters. The topological polar surface area (TPSA) is 48.5 Å². The zero-order chi connectivity index (χ0) is 24.3. The van der Waals surface area contributed by atoms with Gasteiger partial charge in [-0.2, -0.15) is 0 Å². The van der Waals surface area contributed by atoms with Crippen molar-refractivity contribution in [2.45, 2.75) is 25.8 Å². The molecule has 1 aromatic heterocycles. The van der Waals surface area contributed by atoms with Crippen LogP contribution in [-0.4, -0.2) is 60.0 Å². The summed E-state index contributed by atoms with van der Waals surface area (Å²) in [4.78, 5) is 21.5. The van der Waals surface area contributed by atoms with Gasteiger partial charge in [0.25, 0.3) is 0 Å². The molecule has 0 radical (unpaired) electrons. The predicted molar refractivity (Wildman–Crippen MR) is 143 cm³/mol. The molecule has 5 heteroatoms. The average Bonchev–Trinajstić information content (AvgIpc) is 2.91. The van der Waals surface area contributed by atoms with Gasteiger partial charge in [0.1, 0.15) is 0 Å². The lowest BCUT2D eigenvalue weighted by Crippen LogP contribution is -2.48. The number of rotatable bonds is 10. The molecule has 2 heterocycles. The first-order chi connectivity index (χ1) is 17.2. The van der Waals surface area contributed by atoms with Gasteiger partial charge >= 0.3 is 0 Å². The van der Waals surface area contributed by atoms with Crippen LogP contribution >= 0.6 is 0 Å². The number of aromatic nitrogens is 1. The van der Waals surface area contributed by atoms with Crippen LogP contribution in [0.3, 0.4) is 0 Å². The van der Waals surface area contributed by atoms with Gasteiger partial charge in [-0.15, -0.1) is 0 Å². The van der Waals surface area contributed by atoms with E-state index in [1.54, 1.807) is 18.5 Å². The van der Waals surface area contributed by atoms with Crippen LogP contribution in [0.5, 0.6) is 0 Å². The number of allylic oxidation sites excluding steroid dienone is 1. The number of pyridine rings is 1. The standard InChI is InChI=1S/C30H36N4O/c1-25(28-15-10-16-31-24-28)23-29(35)32-17-8-9-18-33-19-21-34(22-20-33)30(26-11-4-2-5-12-26)27-13-6-3-7-14-27/h2-7,10-16,23-24,30H,8-9,17-22H2,1H3,(H,32,35)/b25-23+. The van der Waals surface area contributed by atoms with Crippen molar-refractivity contribution in [3.8, 4) is 0 Å². The molecule has 35 heavy (non-hydrogen) atoms. The first-order valence-electron chi connectivity index (χ1n) is 12.6. The predicted octanol–water partition coefficient (Wildman–Crippen LogP) is 4.79. The van der Waals surface area contributed by atoms with Crippen molar-refractivity contribution in [1.82, 2.24) is 20.1 Å². The summed E-state index contributed by atoms with van der Waals surface area (Å²) in [7, 11) is 0. The summed E-state index contributed by atoms with van der Waals surface area (Å²) in [5.74, 6) is -0.0344. The van der Waals surface area contributed by atoms with E-state index in [1.807, 2.05) is 19.1 Å². The van der Waals surface area contributed by atoms with Crippen LogP contribution in [0.15, 0.2) is 91.3 Å². The molecule has 0 bridgehead atoms. The molecule has 0 unspecified atom stereocenters. The quantitative estimate of drug-likeness (QED) is 0.343. The second-order valence-corrected chi connectivity index (χ2v) is 9.17. The van der Waals surface area contributed by atoms with Crippen LogP contribution < -0.4 is 5.32 Å². The van der Waals surface area contributed by atoms with Crippen molar-refractivity contribution >= 4 is 11.5 Å². The van der Waals surface area contributed by atoms with E-state index in [-0.39, 0.29) is 5.91 Å². The highest BCUT2D eigenvalue weighted by Gasteiger charge is 2.26. The lowest BCUT2D eigenvalue weighted by Gasteiger charge is -2.39. The number of carbonyl (C=O) groups is 1. The van der Waals surface area contributed by atoms with E-state index < -0.39 is 0 Å². The van der Waals surface area contributed by atoms with E-state index in [9.17, 15) is 4.79 Å². The zero-order valence-corrected chi connectivity index (χ0v) is 20.6. The normalized spacial score (nSPS) is 15.3. The summed E-state index contributed by atoms with van der Waals surface area (Å²) < 4.78 is 0. The molecule has 1 fully saturated rings. The second kappa shape index (κ2) is 13.0. The molecule has 1 amide bonds. The highest BCUT2D eigenvalue weighted by atomic mass is 16.1. The Morgan fingerprint density at radius 2 is 1.57 bits per heavy atom. The molecule has 1 aliphatic heterocycles. The summed E-state index contributed by atoms with van der Waals surface area (Å²) in [6.07, 6.45) is 7.25. The average molecular weight is 469 g/mol. The SMILES string of the molecule is C/C(=C\C(=O)NCCCCN1CCN(C(c2ccccc2)c2ccccc2)CC1)c1cccnc1. The van der Waals surface area contributed by atoms with E-state index in [0.29, 0.717) is 12.6 Å². The highest BCUT2D eigenvalue weighted by molar-refractivity contribution is 5.94. The summed E-state index contributed by atoms with van der Waals surface area (Å²) in [5, 5.41) is 3.02. The Kier molecular flexibility index (Phi) is 9.21.